The van der Waals surface area contributed by atoms with Crippen molar-refractivity contribution < 1.29 is 9.47 Å². The first-order valence-corrected chi connectivity index (χ1v) is 4.07. The number of aromatic nitrogens is 1. The van der Waals surface area contributed by atoms with Crippen LogP contribution in [0.5, 0.6) is 5.75 Å². The standard InChI is InChI=1S/C8H8ClNO2/c9-6-1-7(3-10-2-6)11-4-8-5-12-8/h1-3,8H,4-5H2/t8-/m0/s1. The van der Waals surface area contributed by atoms with Gasteiger partial charge in [-0.05, 0) is 0 Å². The predicted octanol–water partition coefficient (Wildman–Crippen LogP) is 1.51. The van der Waals surface area contributed by atoms with E-state index < -0.39 is 0 Å². The summed E-state index contributed by atoms with van der Waals surface area (Å²) in [5.74, 6) is 0.693. The van der Waals surface area contributed by atoms with Crippen molar-refractivity contribution in [1.29, 1.82) is 0 Å². The fourth-order valence-electron chi connectivity index (χ4n) is 0.825. The van der Waals surface area contributed by atoms with E-state index in [1.54, 1.807) is 18.5 Å². The van der Waals surface area contributed by atoms with Gasteiger partial charge in [0.15, 0.2) is 0 Å². The van der Waals surface area contributed by atoms with Gasteiger partial charge in [-0.25, -0.2) is 0 Å². The second-order valence-corrected chi connectivity index (χ2v) is 3.04. The number of epoxide rings is 1. The fourth-order valence-corrected chi connectivity index (χ4v) is 0.989. The van der Waals surface area contributed by atoms with Crippen molar-refractivity contribution >= 4 is 11.6 Å². The molecule has 64 valence electrons. The molecule has 1 aromatic rings. The van der Waals surface area contributed by atoms with E-state index in [2.05, 4.69) is 4.98 Å². The van der Waals surface area contributed by atoms with Crippen LogP contribution in [0.2, 0.25) is 5.02 Å². The topological polar surface area (TPSA) is 34.6 Å². The summed E-state index contributed by atoms with van der Waals surface area (Å²) >= 11 is 5.70. The molecule has 1 atom stereocenters. The number of hydrogen-bond donors (Lipinski definition) is 0. The lowest BCUT2D eigenvalue weighted by molar-refractivity contribution is 0.262. The van der Waals surface area contributed by atoms with E-state index in [1.165, 1.54) is 0 Å². The van der Waals surface area contributed by atoms with Gasteiger partial charge >= 0.3 is 0 Å². The summed E-state index contributed by atoms with van der Waals surface area (Å²) in [6.45, 7) is 1.38. The first kappa shape index (κ1) is 7.83. The minimum Gasteiger partial charge on any atom is -0.489 e. The number of ether oxygens (including phenoxy) is 2. The van der Waals surface area contributed by atoms with E-state index in [4.69, 9.17) is 21.1 Å². The van der Waals surface area contributed by atoms with Gasteiger partial charge in [0, 0.05) is 12.3 Å². The van der Waals surface area contributed by atoms with Gasteiger partial charge in [-0.1, -0.05) is 11.6 Å². The molecule has 1 aromatic heterocycles. The van der Waals surface area contributed by atoms with Crippen LogP contribution in [0.15, 0.2) is 18.5 Å². The summed E-state index contributed by atoms with van der Waals surface area (Å²) in [5, 5.41) is 0.587. The third kappa shape index (κ3) is 2.09. The number of nitrogens with zero attached hydrogens (tertiary/aromatic N) is 1. The summed E-state index contributed by atoms with van der Waals surface area (Å²) < 4.78 is 10.3. The molecule has 0 amide bonds. The normalized spacial score (nSPS) is 20.6. The fraction of sp³-hybridized carbons (Fsp3) is 0.375. The summed E-state index contributed by atoms with van der Waals surface area (Å²) in [6.07, 6.45) is 3.47. The maximum Gasteiger partial charge on any atom is 0.139 e. The van der Waals surface area contributed by atoms with E-state index in [0.717, 1.165) is 6.61 Å². The van der Waals surface area contributed by atoms with Gasteiger partial charge < -0.3 is 9.47 Å². The van der Waals surface area contributed by atoms with Crippen LogP contribution in [-0.2, 0) is 4.74 Å². The highest BCUT2D eigenvalue weighted by Crippen LogP contribution is 2.17. The molecule has 1 aliphatic heterocycles. The van der Waals surface area contributed by atoms with Gasteiger partial charge in [-0.15, -0.1) is 0 Å². The van der Waals surface area contributed by atoms with Crippen LogP contribution in [-0.4, -0.2) is 24.3 Å². The van der Waals surface area contributed by atoms with Crippen LogP contribution in [0.25, 0.3) is 0 Å². The molecule has 1 aliphatic rings. The van der Waals surface area contributed by atoms with E-state index >= 15 is 0 Å². The Labute approximate surface area is 75.3 Å². The zero-order valence-corrected chi connectivity index (χ0v) is 7.12. The minimum absolute atomic E-state index is 0.268. The van der Waals surface area contributed by atoms with E-state index in [-0.39, 0.29) is 6.10 Å². The monoisotopic (exact) mass is 185 g/mol. The van der Waals surface area contributed by atoms with Crippen LogP contribution in [0.1, 0.15) is 0 Å². The Morgan fingerprint density at radius 1 is 1.67 bits per heavy atom. The first-order valence-electron chi connectivity index (χ1n) is 3.69. The van der Waals surface area contributed by atoms with Crippen molar-refractivity contribution in [2.24, 2.45) is 0 Å². The Hall–Kier alpha value is -0.800. The zero-order chi connectivity index (χ0) is 8.39. The number of hydrogen-bond acceptors (Lipinski definition) is 3. The van der Waals surface area contributed by atoms with Gasteiger partial charge in [0.1, 0.15) is 18.5 Å². The molecule has 0 bridgehead atoms. The van der Waals surface area contributed by atoms with Gasteiger partial charge in [0.05, 0.1) is 17.8 Å². The molecule has 2 rings (SSSR count). The molecule has 2 heterocycles. The molecule has 4 heteroatoms. The van der Waals surface area contributed by atoms with E-state index in [1.807, 2.05) is 0 Å². The third-order valence-electron chi connectivity index (χ3n) is 1.52. The molecule has 0 aromatic carbocycles. The summed E-state index contributed by atoms with van der Waals surface area (Å²) in [4.78, 5) is 3.88. The largest absolute Gasteiger partial charge is 0.489 e. The maximum atomic E-state index is 5.70. The van der Waals surface area contributed by atoms with Crippen LogP contribution < -0.4 is 4.74 Å². The quantitative estimate of drug-likeness (QED) is 0.670. The Kier molecular flexibility index (Phi) is 2.15. The molecule has 0 unspecified atom stereocenters. The first-order chi connectivity index (χ1) is 5.84. The molecule has 0 spiro atoms. The van der Waals surface area contributed by atoms with Crippen molar-refractivity contribution in [3.63, 3.8) is 0 Å². The molecule has 1 fully saturated rings. The highest BCUT2D eigenvalue weighted by molar-refractivity contribution is 6.30. The molecule has 0 N–H and O–H groups in total. The molecular weight excluding hydrogens is 178 g/mol. The lowest BCUT2D eigenvalue weighted by atomic mass is 10.4. The smallest absolute Gasteiger partial charge is 0.139 e. The predicted molar refractivity (Wildman–Crippen MR) is 44.5 cm³/mol. The van der Waals surface area contributed by atoms with Crippen molar-refractivity contribution in [2.75, 3.05) is 13.2 Å². The molecule has 1 saturated heterocycles. The Morgan fingerprint density at radius 2 is 2.50 bits per heavy atom. The lowest BCUT2D eigenvalue weighted by Crippen LogP contribution is -2.03. The highest BCUT2D eigenvalue weighted by atomic mass is 35.5. The Balaban J connectivity index is 1.92. The SMILES string of the molecule is Clc1cncc(OC[C@H]2CO2)c1. The Bertz CT molecular complexity index is 276. The summed E-state index contributed by atoms with van der Waals surface area (Å²) in [7, 11) is 0. The summed E-state index contributed by atoms with van der Waals surface area (Å²) in [6, 6.07) is 1.73. The van der Waals surface area contributed by atoms with Crippen LogP contribution >= 0.6 is 11.6 Å². The number of pyridine rings is 1. The van der Waals surface area contributed by atoms with Gasteiger partial charge in [-0.2, -0.15) is 0 Å². The molecule has 0 radical (unpaired) electrons. The van der Waals surface area contributed by atoms with Crippen molar-refractivity contribution in [3.05, 3.63) is 23.5 Å². The Morgan fingerprint density at radius 3 is 3.17 bits per heavy atom. The van der Waals surface area contributed by atoms with Gasteiger partial charge in [0.2, 0.25) is 0 Å². The van der Waals surface area contributed by atoms with Gasteiger partial charge in [0.25, 0.3) is 0 Å². The van der Waals surface area contributed by atoms with Crippen molar-refractivity contribution in [3.8, 4) is 5.75 Å². The summed E-state index contributed by atoms with van der Waals surface area (Å²) in [5.41, 5.74) is 0. The van der Waals surface area contributed by atoms with E-state index in [9.17, 15) is 0 Å². The molecule has 12 heavy (non-hydrogen) atoms. The molecular formula is C8H8ClNO2. The van der Waals surface area contributed by atoms with Crippen molar-refractivity contribution in [2.45, 2.75) is 6.10 Å². The molecule has 0 aliphatic carbocycles. The molecule has 3 nitrogen and oxygen atoms in total. The van der Waals surface area contributed by atoms with Crippen LogP contribution in [0.3, 0.4) is 0 Å². The number of halogens is 1. The third-order valence-corrected chi connectivity index (χ3v) is 1.72. The van der Waals surface area contributed by atoms with Crippen LogP contribution in [0.4, 0.5) is 0 Å². The van der Waals surface area contributed by atoms with E-state index in [0.29, 0.717) is 17.4 Å². The number of rotatable bonds is 3. The van der Waals surface area contributed by atoms with Crippen molar-refractivity contribution in [1.82, 2.24) is 4.98 Å². The second kappa shape index (κ2) is 3.29. The molecule has 0 saturated carbocycles. The zero-order valence-electron chi connectivity index (χ0n) is 6.37. The maximum absolute atomic E-state index is 5.70. The average molecular weight is 186 g/mol. The van der Waals surface area contributed by atoms with Crippen LogP contribution in [0, 0.1) is 0 Å². The average Bonchev–Trinajstić information content (AvgIpc) is 2.84. The lowest BCUT2D eigenvalue weighted by Gasteiger charge is -2.02. The minimum atomic E-state index is 0.268. The second-order valence-electron chi connectivity index (χ2n) is 2.61. The highest BCUT2D eigenvalue weighted by Gasteiger charge is 2.22. The van der Waals surface area contributed by atoms with Gasteiger partial charge in [-0.3, -0.25) is 4.98 Å².